The molecule has 21 heavy (non-hydrogen) atoms. The van der Waals surface area contributed by atoms with Gasteiger partial charge in [-0.1, -0.05) is 30.4 Å². The minimum Gasteiger partial charge on any atom is -0.496 e. The highest BCUT2D eigenvalue weighted by Gasteiger charge is 2.31. The van der Waals surface area contributed by atoms with E-state index in [1.807, 2.05) is 31.2 Å². The summed E-state index contributed by atoms with van der Waals surface area (Å²) in [5.41, 5.74) is 6.42. The number of benzene rings is 1. The molecule has 0 saturated carbocycles. The van der Waals surface area contributed by atoms with Crippen molar-refractivity contribution < 1.29 is 13.2 Å². The first kappa shape index (κ1) is 17.9. The Morgan fingerprint density at radius 2 is 1.95 bits per heavy atom. The van der Waals surface area contributed by atoms with E-state index in [4.69, 9.17) is 22.7 Å². The van der Waals surface area contributed by atoms with E-state index in [0.717, 1.165) is 11.3 Å². The van der Waals surface area contributed by atoms with Crippen LogP contribution in [0.2, 0.25) is 0 Å². The minimum absolute atomic E-state index is 0.0219. The van der Waals surface area contributed by atoms with Gasteiger partial charge < -0.3 is 10.5 Å². The summed E-state index contributed by atoms with van der Waals surface area (Å²) >= 11 is 4.79. The Balaban J connectivity index is 2.93. The van der Waals surface area contributed by atoms with Gasteiger partial charge in [-0.05, 0) is 31.9 Å². The molecule has 0 aromatic heterocycles. The Hall–Kier alpha value is -1.18. The normalized spacial score (nSPS) is 14.7. The zero-order valence-electron chi connectivity index (χ0n) is 12.7. The van der Waals surface area contributed by atoms with Crippen molar-refractivity contribution in [3.63, 3.8) is 0 Å². The van der Waals surface area contributed by atoms with Crippen molar-refractivity contribution in [1.29, 1.82) is 0 Å². The Morgan fingerprint density at radius 1 is 1.38 bits per heavy atom. The first-order valence-electron chi connectivity index (χ1n) is 6.59. The smallest absolute Gasteiger partial charge is 0.223 e. The summed E-state index contributed by atoms with van der Waals surface area (Å²) in [6.45, 7) is 3.35. The molecule has 1 aromatic carbocycles. The molecule has 0 radical (unpaired) electrons. The zero-order valence-corrected chi connectivity index (χ0v) is 14.4. The molecular formula is C14H22N2O3S2. The predicted octanol–water partition coefficient (Wildman–Crippen LogP) is 1.56. The molecule has 0 aliphatic carbocycles. The summed E-state index contributed by atoms with van der Waals surface area (Å²) in [5.74, 6) is 0.748. The first-order chi connectivity index (χ1) is 9.71. The molecule has 0 saturated heterocycles. The number of rotatable bonds is 7. The molecule has 5 nitrogen and oxygen atoms in total. The largest absolute Gasteiger partial charge is 0.496 e. The average Bonchev–Trinajstić information content (AvgIpc) is 2.45. The van der Waals surface area contributed by atoms with E-state index in [2.05, 4.69) is 0 Å². The van der Waals surface area contributed by atoms with Gasteiger partial charge in [0.05, 0.1) is 12.1 Å². The molecule has 0 aliphatic rings. The van der Waals surface area contributed by atoms with E-state index < -0.39 is 15.3 Å². The van der Waals surface area contributed by atoms with Crippen LogP contribution in [0, 0.1) is 0 Å². The lowest BCUT2D eigenvalue weighted by atomic mass is 10.1. The van der Waals surface area contributed by atoms with Crippen LogP contribution in [0.5, 0.6) is 5.75 Å². The molecule has 0 fully saturated rings. The fraction of sp³-hybridized carbons (Fsp3) is 0.500. The number of para-hydroxylation sites is 1. The van der Waals surface area contributed by atoms with Crippen molar-refractivity contribution in [2.75, 3.05) is 14.2 Å². The number of likely N-dealkylation sites (N-methyl/N-ethyl adjacent to an activating group) is 1. The van der Waals surface area contributed by atoms with Crippen LogP contribution in [0.1, 0.15) is 19.4 Å². The molecule has 7 heteroatoms. The van der Waals surface area contributed by atoms with E-state index in [1.54, 1.807) is 14.2 Å². The van der Waals surface area contributed by atoms with Crippen LogP contribution >= 0.6 is 12.2 Å². The summed E-state index contributed by atoms with van der Waals surface area (Å²) < 4.78 is 31.4. The Morgan fingerprint density at radius 3 is 2.48 bits per heavy atom. The molecule has 2 unspecified atom stereocenters. The second kappa shape index (κ2) is 7.20. The molecule has 118 valence electrons. The SMILES string of the molecule is COc1ccccc1CC(C)N(C)S(=O)(=O)C(C)C(N)=S. The maximum absolute atomic E-state index is 12.4. The van der Waals surface area contributed by atoms with Crippen molar-refractivity contribution in [1.82, 2.24) is 4.31 Å². The third kappa shape index (κ3) is 4.15. The van der Waals surface area contributed by atoms with E-state index >= 15 is 0 Å². The average molecular weight is 330 g/mol. The number of hydrogen-bond donors (Lipinski definition) is 1. The van der Waals surface area contributed by atoms with Crippen molar-refractivity contribution >= 4 is 27.2 Å². The van der Waals surface area contributed by atoms with Crippen LogP contribution in [0.4, 0.5) is 0 Å². The van der Waals surface area contributed by atoms with E-state index in [-0.39, 0.29) is 11.0 Å². The van der Waals surface area contributed by atoms with Gasteiger partial charge in [-0.3, -0.25) is 0 Å². The number of nitrogens with zero attached hydrogens (tertiary/aromatic N) is 1. The monoisotopic (exact) mass is 330 g/mol. The van der Waals surface area contributed by atoms with Gasteiger partial charge in [0.1, 0.15) is 11.0 Å². The van der Waals surface area contributed by atoms with E-state index in [0.29, 0.717) is 6.42 Å². The topological polar surface area (TPSA) is 72.6 Å². The van der Waals surface area contributed by atoms with Crippen LogP contribution in [-0.2, 0) is 16.4 Å². The van der Waals surface area contributed by atoms with Gasteiger partial charge >= 0.3 is 0 Å². The van der Waals surface area contributed by atoms with Crippen molar-refractivity contribution in [3.8, 4) is 5.75 Å². The summed E-state index contributed by atoms with van der Waals surface area (Å²) in [6, 6.07) is 7.32. The van der Waals surface area contributed by atoms with Gasteiger partial charge in [-0.2, -0.15) is 0 Å². The third-order valence-corrected chi connectivity index (χ3v) is 6.39. The second-order valence-electron chi connectivity index (χ2n) is 4.97. The molecule has 0 spiro atoms. The maximum Gasteiger partial charge on any atom is 0.223 e. The number of nitrogens with two attached hydrogens (primary N) is 1. The molecule has 1 rings (SSSR count). The summed E-state index contributed by atoms with van der Waals surface area (Å²) in [5, 5.41) is -0.877. The maximum atomic E-state index is 12.4. The highest BCUT2D eigenvalue weighted by atomic mass is 32.2. The number of methoxy groups -OCH3 is 1. The molecule has 1 aromatic rings. The number of ether oxygens (including phenoxy) is 1. The standard InChI is InChI=1S/C14H22N2O3S2/c1-10(9-12-7-5-6-8-13(12)19-4)16(3)21(17,18)11(2)14(15)20/h5-8,10-11H,9H2,1-4H3,(H2,15,20). The van der Waals surface area contributed by atoms with Gasteiger partial charge in [0.15, 0.2) is 0 Å². The zero-order chi connectivity index (χ0) is 16.2. The quantitative estimate of drug-likeness (QED) is 0.768. The Kier molecular flexibility index (Phi) is 6.12. The van der Waals surface area contributed by atoms with Gasteiger partial charge in [-0.25, -0.2) is 12.7 Å². The van der Waals surface area contributed by atoms with Gasteiger partial charge in [0, 0.05) is 13.1 Å². The van der Waals surface area contributed by atoms with E-state index in [1.165, 1.54) is 11.2 Å². The lowest BCUT2D eigenvalue weighted by Crippen LogP contribution is -2.45. The number of hydrogen-bond acceptors (Lipinski definition) is 4. The molecule has 0 bridgehead atoms. The van der Waals surface area contributed by atoms with Crippen LogP contribution in [0.25, 0.3) is 0 Å². The summed E-state index contributed by atoms with van der Waals surface area (Å²) in [7, 11) is -0.409. The minimum atomic E-state index is -3.55. The highest BCUT2D eigenvalue weighted by Crippen LogP contribution is 2.22. The molecule has 2 N–H and O–H groups in total. The lowest BCUT2D eigenvalue weighted by Gasteiger charge is -2.27. The van der Waals surface area contributed by atoms with Gasteiger partial charge in [0.2, 0.25) is 10.0 Å². The number of thiocarbonyl (C=S) groups is 1. The summed E-state index contributed by atoms with van der Waals surface area (Å²) in [4.78, 5) is -0.0219. The van der Waals surface area contributed by atoms with Crippen molar-refractivity contribution in [3.05, 3.63) is 29.8 Å². The molecule has 0 amide bonds. The van der Waals surface area contributed by atoms with E-state index in [9.17, 15) is 8.42 Å². The van der Waals surface area contributed by atoms with Crippen molar-refractivity contribution in [2.24, 2.45) is 5.73 Å². The fourth-order valence-corrected chi connectivity index (χ4v) is 3.70. The first-order valence-corrected chi connectivity index (χ1v) is 8.51. The van der Waals surface area contributed by atoms with Crippen LogP contribution in [0.3, 0.4) is 0 Å². The Bertz CT molecular complexity index is 602. The predicted molar refractivity (Wildman–Crippen MR) is 89.1 cm³/mol. The third-order valence-electron chi connectivity index (χ3n) is 3.58. The van der Waals surface area contributed by atoms with Gasteiger partial charge in [-0.15, -0.1) is 0 Å². The molecule has 2 atom stereocenters. The lowest BCUT2D eigenvalue weighted by molar-refractivity contribution is 0.372. The van der Waals surface area contributed by atoms with Gasteiger partial charge in [0.25, 0.3) is 0 Å². The highest BCUT2D eigenvalue weighted by molar-refractivity contribution is 7.92. The summed E-state index contributed by atoms with van der Waals surface area (Å²) in [6.07, 6.45) is 0.545. The molecular weight excluding hydrogens is 308 g/mol. The number of sulfonamides is 1. The van der Waals surface area contributed by atoms with Crippen LogP contribution < -0.4 is 10.5 Å². The van der Waals surface area contributed by atoms with Crippen LogP contribution in [0.15, 0.2) is 24.3 Å². The second-order valence-corrected chi connectivity index (χ2v) is 7.76. The van der Waals surface area contributed by atoms with Crippen molar-refractivity contribution in [2.45, 2.75) is 31.6 Å². The Labute approximate surface area is 132 Å². The fourth-order valence-electron chi connectivity index (χ4n) is 1.97. The molecule has 0 heterocycles. The molecule has 0 aliphatic heterocycles. The van der Waals surface area contributed by atoms with Crippen LogP contribution in [-0.4, -0.2) is 43.2 Å².